The number of hydrogen-bond donors (Lipinski definition) is 3. The SMILES string of the molecule is CCCc1c(C(=O)Nc2ccc(C)c(C(=O)O)c2)[nH]c(C)c1C(C)=O. The number of aromatic carboxylic acids is 1. The van der Waals surface area contributed by atoms with E-state index in [4.69, 9.17) is 0 Å². The van der Waals surface area contributed by atoms with Crippen molar-refractivity contribution < 1.29 is 19.5 Å². The Kier molecular flexibility index (Phi) is 5.41. The minimum atomic E-state index is -1.05. The van der Waals surface area contributed by atoms with Crippen LogP contribution in [-0.4, -0.2) is 27.8 Å². The molecule has 0 saturated carbocycles. The van der Waals surface area contributed by atoms with E-state index >= 15 is 0 Å². The summed E-state index contributed by atoms with van der Waals surface area (Å²) in [7, 11) is 0. The van der Waals surface area contributed by atoms with E-state index in [-0.39, 0.29) is 17.3 Å². The maximum atomic E-state index is 12.7. The van der Waals surface area contributed by atoms with Crippen molar-refractivity contribution in [3.05, 3.63) is 51.8 Å². The molecule has 0 unspecified atom stereocenters. The number of benzene rings is 1. The number of ketones is 1. The molecular weight excluding hydrogens is 320 g/mol. The first kappa shape index (κ1) is 18.4. The summed E-state index contributed by atoms with van der Waals surface area (Å²) in [6, 6.07) is 4.73. The van der Waals surface area contributed by atoms with E-state index in [2.05, 4.69) is 10.3 Å². The maximum absolute atomic E-state index is 12.7. The van der Waals surface area contributed by atoms with Gasteiger partial charge in [0.2, 0.25) is 0 Å². The first-order chi connectivity index (χ1) is 11.8. The number of carboxylic acids is 1. The molecule has 0 aliphatic heterocycles. The average molecular weight is 342 g/mol. The molecule has 1 aromatic carbocycles. The third-order valence-corrected chi connectivity index (χ3v) is 4.10. The Morgan fingerprint density at radius 2 is 1.88 bits per heavy atom. The van der Waals surface area contributed by atoms with Gasteiger partial charge in [-0.25, -0.2) is 4.79 Å². The number of carbonyl (C=O) groups is 3. The van der Waals surface area contributed by atoms with Gasteiger partial charge in [-0.05, 0) is 50.5 Å². The molecule has 2 aromatic rings. The molecule has 1 heterocycles. The minimum Gasteiger partial charge on any atom is -0.478 e. The van der Waals surface area contributed by atoms with Crippen LogP contribution in [0.1, 0.15) is 68.3 Å². The minimum absolute atomic E-state index is 0.0836. The Balaban J connectivity index is 2.39. The van der Waals surface area contributed by atoms with Crippen molar-refractivity contribution in [3.63, 3.8) is 0 Å². The third-order valence-electron chi connectivity index (χ3n) is 4.10. The van der Waals surface area contributed by atoms with Crippen molar-refractivity contribution in [1.82, 2.24) is 4.98 Å². The van der Waals surface area contributed by atoms with Crippen molar-refractivity contribution in [1.29, 1.82) is 0 Å². The van der Waals surface area contributed by atoms with Gasteiger partial charge in [-0.1, -0.05) is 19.4 Å². The van der Waals surface area contributed by atoms with E-state index in [1.807, 2.05) is 6.92 Å². The van der Waals surface area contributed by atoms with Crippen LogP contribution in [0.3, 0.4) is 0 Å². The molecule has 0 radical (unpaired) electrons. The molecule has 2 rings (SSSR count). The lowest BCUT2D eigenvalue weighted by atomic mass is 10.0. The van der Waals surface area contributed by atoms with Gasteiger partial charge in [0.05, 0.1) is 5.56 Å². The number of H-pyrrole nitrogens is 1. The van der Waals surface area contributed by atoms with E-state index in [1.54, 1.807) is 26.0 Å². The number of carboxylic acid groups (broad SMARTS) is 1. The lowest BCUT2D eigenvalue weighted by Gasteiger charge is -2.09. The van der Waals surface area contributed by atoms with Gasteiger partial charge in [0.1, 0.15) is 5.69 Å². The Morgan fingerprint density at radius 3 is 2.44 bits per heavy atom. The van der Waals surface area contributed by atoms with Crippen molar-refractivity contribution in [2.24, 2.45) is 0 Å². The van der Waals surface area contributed by atoms with Gasteiger partial charge in [-0.15, -0.1) is 0 Å². The quantitative estimate of drug-likeness (QED) is 0.696. The first-order valence-electron chi connectivity index (χ1n) is 8.13. The van der Waals surface area contributed by atoms with Crippen LogP contribution in [0.15, 0.2) is 18.2 Å². The summed E-state index contributed by atoms with van der Waals surface area (Å²) in [5, 5.41) is 11.9. The second-order valence-electron chi connectivity index (χ2n) is 6.07. The van der Waals surface area contributed by atoms with Gasteiger partial charge in [0.15, 0.2) is 5.78 Å². The summed E-state index contributed by atoms with van der Waals surface area (Å²) in [6.07, 6.45) is 1.40. The maximum Gasteiger partial charge on any atom is 0.336 e. The average Bonchev–Trinajstić information content (AvgIpc) is 2.86. The Hall–Kier alpha value is -2.89. The molecular formula is C19H22N2O4. The van der Waals surface area contributed by atoms with E-state index in [1.165, 1.54) is 13.0 Å². The Morgan fingerprint density at radius 1 is 1.20 bits per heavy atom. The molecule has 0 fully saturated rings. The van der Waals surface area contributed by atoms with Crippen molar-refractivity contribution in [2.75, 3.05) is 5.32 Å². The summed E-state index contributed by atoms with van der Waals surface area (Å²) >= 11 is 0. The van der Waals surface area contributed by atoms with E-state index in [0.717, 1.165) is 6.42 Å². The molecule has 25 heavy (non-hydrogen) atoms. The zero-order chi connectivity index (χ0) is 18.7. The number of aryl methyl sites for hydroxylation is 2. The lowest BCUT2D eigenvalue weighted by Crippen LogP contribution is -2.15. The van der Waals surface area contributed by atoms with Gasteiger partial charge in [-0.2, -0.15) is 0 Å². The number of carbonyl (C=O) groups excluding carboxylic acids is 2. The van der Waals surface area contributed by atoms with E-state index in [0.29, 0.717) is 40.2 Å². The highest BCUT2D eigenvalue weighted by atomic mass is 16.4. The number of nitrogens with one attached hydrogen (secondary N) is 2. The monoisotopic (exact) mass is 342 g/mol. The zero-order valence-electron chi connectivity index (χ0n) is 14.8. The summed E-state index contributed by atoms with van der Waals surface area (Å²) in [5.74, 6) is -1.52. The predicted molar refractivity (Wildman–Crippen MR) is 95.6 cm³/mol. The summed E-state index contributed by atoms with van der Waals surface area (Å²) in [4.78, 5) is 38.8. The number of amides is 1. The summed E-state index contributed by atoms with van der Waals surface area (Å²) in [5.41, 5.74) is 3.42. The molecule has 0 spiro atoms. The van der Waals surface area contributed by atoms with Gasteiger partial charge in [0, 0.05) is 16.9 Å². The van der Waals surface area contributed by atoms with Crippen LogP contribution in [-0.2, 0) is 6.42 Å². The third kappa shape index (κ3) is 3.79. The van der Waals surface area contributed by atoms with Crippen LogP contribution < -0.4 is 5.32 Å². The van der Waals surface area contributed by atoms with Gasteiger partial charge in [0.25, 0.3) is 5.91 Å². The summed E-state index contributed by atoms with van der Waals surface area (Å²) in [6.45, 7) is 6.92. The van der Waals surface area contributed by atoms with Crippen LogP contribution in [0.25, 0.3) is 0 Å². The number of rotatable bonds is 6. The molecule has 0 bridgehead atoms. The molecule has 1 aromatic heterocycles. The van der Waals surface area contributed by atoms with Crippen molar-refractivity contribution in [2.45, 2.75) is 40.5 Å². The molecule has 0 atom stereocenters. The molecule has 0 saturated heterocycles. The molecule has 0 aliphatic carbocycles. The molecule has 0 aliphatic rings. The van der Waals surface area contributed by atoms with Crippen LogP contribution in [0.2, 0.25) is 0 Å². The molecule has 3 N–H and O–H groups in total. The highest BCUT2D eigenvalue weighted by Crippen LogP contribution is 2.23. The van der Waals surface area contributed by atoms with E-state index < -0.39 is 5.97 Å². The fourth-order valence-electron chi connectivity index (χ4n) is 2.97. The van der Waals surface area contributed by atoms with Gasteiger partial charge in [-0.3, -0.25) is 9.59 Å². The largest absolute Gasteiger partial charge is 0.478 e. The Bertz CT molecular complexity index is 849. The summed E-state index contributed by atoms with van der Waals surface area (Å²) < 4.78 is 0. The molecule has 132 valence electrons. The fourth-order valence-corrected chi connectivity index (χ4v) is 2.97. The predicted octanol–water partition coefficient (Wildman–Crippen LogP) is 3.74. The van der Waals surface area contributed by atoms with Crippen LogP contribution in [0.5, 0.6) is 0 Å². The van der Waals surface area contributed by atoms with E-state index in [9.17, 15) is 19.5 Å². The zero-order valence-corrected chi connectivity index (χ0v) is 14.8. The Labute approximate surface area is 146 Å². The number of aromatic amines is 1. The topological polar surface area (TPSA) is 99.3 Å². The number of Topliss-reactive ketones (excluding diaryl/α,β-unsaturated/α-hetero) is 1. The standard InChI is InChI=1S/C19H22N2O4/c1-5-6-14-16(12(4)22)11(3)20-17(14)18(23)21-13-8-7-10(2)15(9-13)19(24)25/h7-9,20H,5-6H2,1-4H3,(H,21,23)(H,24,25). The number of aromatic nitrogens is 1. The lowest BCUT2D eigenvalue weighted by molar-refractivity contribution is 0.0695. The fraction of sp³-hybridized carbons (Fsp3) is 0.316. The van der Waals surface area contributed by atoms with Crippen molar-refractivity contribution in [3.8, 4) is 0 Å². The van der Waals surface area contributed by atoms with Gasteiger partial charge >= 0.3 is 5.97 Å². The second kappa shape index (κ2) is 7.34. The number of hydrogen-bond acceptors (Lipinski definition) is 3. The normalized spacial score (nSPS) is 10.6. The van der Waals surface area contributed by atoms with Crippen LogP contribution in [0, 0.1) is 13.8 Å². The molecule has 1 amide bonds. The molecule has 6 nitrogen and oxygen atoms in total. The first-order valence-corrected chi connectivity index (χ1v) is 8.13. The molecule has 6 heteroatoms. The van der Waals surface area contributed by atoms with Crippen LogP contribution >= 0.6 is 0 Å². The smallest absolute Gasteiger partial charge is 0.336 e. The van der Waals surface area contributed by atoms with Crippen LogP contribution in [0.4, 0.5) is 5.69 Å². The second-order valence-corrected chi connectivity index (χ2v) is 6.07. The highest BCUT2D eigenvalue weighted by molar-refractivity contribution is 6.08. The van der Waals surface area contributed by atoms with Crippen molar-refractivity contribution >= 4 is 23.3 Å². The van der Waals surface area contributed by atoms with Gasteiger partial charge < -0.3 is 15.4 Å². The highest BCUT2D eigenvalue weighted by Gasteiger charge is 2.22. The number of anilines is 1.